The topological polar surface area (TPSA) is 59.6 Å². The van der Waals surface area contributed by atoms with Gasteiger partial charge in [-0.3, -0.25) is 14.0 Å². The van der Waals surface area contributed by atoms with Crippen LogP contribution in [0.25, 0.3) is 15.7 Å². The number of amides is 1. The highest BCUT2D eigenvalue weighted by Crippen LogP contribution is 2.24. The van der Waals surface area contributed by atoms with Crippen LogP contribution >= 0.6 is 11.3 Å². The van der Waals surface area contributed by atoms with Crippen molar-refractivity contribution in [1.29, 1.82) is 0 Å². The molecule has 1 saturated heterocycles. The number of likely N-dealkylation sites (tertiary alicyclic amines) is 1. The second-order valence-corrected chi connectivity index (χ2v) is 7.80. The van der Waals surface area contributed by atoms with Gasteiger partial charge in [-0.1, -0.05) is 13.8 Å². The molecule has 1 unspecified atom stereocenters. The van der Waals surface area contributed by atoms with Crippen molar-refractivity contribution in [1.82, 2.24) is 19.1 Å². The number of nitrogens with zero attached hydrogens (tertiary/aromatic N) is 4. The van der Waals surface area contributed by atoms with Crippen molar-refractivity contribution in [3.63, 3.8) is 0 Å². The largest absolute Gasteiger partial charge is 0.341 e. The van der Waals surface area contributed by atoms with Crippen molar-refractivity contribution in [2.75, 3.05) is 13.1 Å². The number of piperidine rings is 1. The molecule has 0 aliphatic carbocycles. The van der Waals surface area contributed by atoms with E-state index in [2.05, 4.69) is 12.0 Å². The molecule has 1 atom stereocenters. The van der Waals surface area contributed by atoms with Crippen molar-refractivity contribution >= 4 is 33.0 Å². The van der Waals surface area contributed by atoms with Crippen LogP contribution in [0.4, 0.5) is 0 Å². The molecule has 4 heterocycles. The standard InChI is InChI=1S/C18H22N4O2S/c1-3-16-19-21(11-17(23)20-7-4-5-12(2)10-20)18(24)14-9-15-13(22(14)16)6-8-25-15/h6,8-9,12H,3-5,7,10-11H2,1-2H3. The average molecular weight is 358 g/mol. The van der Waals surface area contributed by atoms with Gasteiger partial charge in [0.15, 0.2) is 0 Å². The summed E-state index contributed by atoms with van der Waals surface area (Å²) in [6.07, 6.45) is 2.89. The van der Waals surface area contributed by atoms with Crippen molar-refractivity contribution in [2.45, 2.75) is 39.7 Å². The third-order valence-corrected chi connectivity index (χ3v) is 5.83. The zero-order valence-electron chi connectivity index (χ0n) is 14.6. The van der Waals surface area contributed by atoms with Crippen molar-refractivity contribution in [3.8, 4) is 0 Å². The molecule has 0 aromatic carbocycles. The Labute approximate surface area is 149 Å². The van der Waals surface area contributed by atoms with Crippen LogP contribution in [0.2, 0.25) is 0 Å². The van der Waals surface area contributed by atoms with E-state index in [1.807, 2.05) is 33.7 Å². The van der Waals surface area contributed by atoms with E-state index in [-0.39, 0.29) is 18.0 Å². The fourth-order valence-electron chi connectivity index (χ4n) is 3.70. The Hall–Kier alpha value is -2.15. The average Bonchev–Trinajstić information content (AvgIpc) is 3.19. The molecule has 1 aliphatic rings. The third kappa shape index (κ3) is 2.76. The number of thiophene rings is 1. The molecule has 0 radical (unpaired) electrons. The van der Waals surface area contributed by atoms with E-state index in [9.17, 15) is 9.59 Å². The van der Waals surface area contributed by atoms with Crippen LogP contribution in [0, 0.1) is 5.92 Å². The summed E-state index contributed by atoms with van der Waals surface area (Å²) in [4.78, 5) is 27.4. The van der Waals surface area contributed by atoms with E-state index < -0.39 is 0 Å². The van der Waals surface area contributed by atoms with Gasteiger partial charge in [-0.2, -0.15) is 5.10 Å². The quantitative estimate of drug-likeness (QED) is 0.723. The first kappa shape index (κ1) is 16.3. The number of rotatable bonds is 3. The number of hydrogen-bond donors (Lipinski definition) is 0. The molecule has 25 heavy (non-hydrogen) atoms. The lowest BCUT2D eigenvalue weighted by atomic mass is 10.0. The molecular weight excluding hydrogens is 336 g/mol. The summed E-state index contributed by atoms with van der Waals surface area (Å²) in [5.41, 5.74) is 1.43. The molecule has 3 aromatic rings. The van der Waals surface area contributed by atoms with Crippen LogP contribution in [0.15, 0.2) is 22.3 Å². The Bertz CT molecular complexity index is 1000. The first-order chi connectivity index (χ1) is 12.1. The molecular formula is C18H22N4O2S. The monoisotopic (exact) mass is 358 g/mol. The highest BCUT2D eigenvalue weighted by molar-refractivity contribution is 7.17. The van der Waals surface area contributed by atoms with Crippen LogP contribution in [0.3, 0.4) is 0 Å². The lowest BCUT2D eigenvalue weighted by molar-refractivity contribution is -0.133. The Morgan fingerprint density at radius 3 is 3.00 bits per heavy atom. The molecule has 132 valence electrons. The van der Waals surface area contributed by atoms with Crippen molar-refractivity contribution in [2.24, 2.45) is 5.92 Å². The van der Waals surface area contributed by atoms with Crippen molar-refractivity contribution < 1.29 is 4.79 Å². The van der Waals surface area contributed by atoms with Crippen LogP contribution in [-0.2, 0) is 17.8 Å². The van der Waals surface area contributed by atoms with E-state index in [0.717, 1.165) is 42.0 Å². The molecule has 1 amide bonds. The van der Waals surface area contributed by atoms with Gasteiger partial charge in [-0.15, -0.1) is 11.3 Å². The summed E-state index contributed by atoms with van der Waals surface area (Å²) in [6, 6.07) is 3.92. The highest BCUT2D eigenvalue weighted by atomic mass is 32.1. The van der Waals surface area contributed by atoms with Gasteiger partial charge < -0.3 is 4.90 Å². The van der Waals surface area contributed by atoms with E-state index in [1.165, 1.54) is 4.68 Å². The normalized spacial score (nSPS) is 18.3. The summed E-state index contributed by atoms with van der Waals surface area (Å²) in [5.74, 6) is 1.32. The molecule has 1 aliphatic heterocycles. The van der Waals surface area contributed by atoms with Crippen molar-refractivity contribution in [3.05, 3.63) is 33.7 Å². The lowest BCUT2D eigenvalue weighted by Gasteiger charge is -2.31. The first-order valence-corrected chi connectivity index (χ1v) is 9.73. The van der Waals surface area contributed by atoms with Gasteiger partial charge in [0.1, 0.15) is 17.9 Å². The van der Waals surface area contributed by atoms with Gasteiger partial charge in [0.05, 0.1) is 10.2 Å². The summed E-state index contributed by atoms with van der Waals surface area (Å²) in [6.45, 7) is 5.76. The number of aromatic nitrogens is 3. The number of carbonyl (C=O) groups is 1. The molecule has 0 spiro atoms. The number of carbonyl (C=O) groups excluding carboxylic acids is 1. The van der Waals surface area contributed by atoms with Gasteiger partial charge in [0.25, 0.3) is 5.56 Å². The maximum atomic E-state index is 12.9. The molecule has 1 fully saturated rings. The zero-order chi connectivity index (χ0) is 17.6. The van der Waals surface area contributed by atoms with Gasteiger partial charge in [0, 0.05) is 19.5 Å². The highest BCUT2D eigenvalue weighted by Gasteiger charge is 2.22. The summed E-state index contributed by atoms with van der Waals surface area (Å²) >= 11 is 1.61. The minimum atomic E-state index is -0.195. The van der Waals surface area contributed by atoms with E-state index >= 15 is 0 Å². The van der Waals surface area contributed by atoms with Gasteiger partial charge in [-0.25, -0.2) is 4.68 Å². The maximum Gasteiger partial charge on any atom is 0.291 e. The number of fused-ring (bicyclic) bond motifs is 3. The lowest BCUT2D eigenvalue weighted by Crippen LogP contribution is -2.43. The first-order valence-electron chi connectivity index (χ1n) is 8.85. The Balaban J connectivity index is 1.73. The van der Waals surface area contributed by atoms with Crippen LogP contribution in [0.5, 0.6) is 0 Å². The van der Waals surface area contributed by atoms with Crippen LogP contribution < -0.4 is 5.56 Å². The Morgan fingerprint density at radius 2 is 2.24 bits per heavy atom. The minimum Gasteiger partial charge on any atom is -0.341 e. The predicted octanol–water partition coefficient (Wildman–Crippen LogP) is 2.53. The Kier molecular flexibility index (Phi) is 4.11. The SMILES string of the molecule is CCc1nn(CC(=O)N2CCCC(C)C2)c(=O)c2cc3sccc3n12. The number of hydrogen-bond acceptors (Lipinski definition) is 4. The molecule has 0 bridgehead atoms. The van der Waals surface area contributed by atoms with Crippen LogP contribution in [-0.4, -0.2) is 38.1 Å². The van der Waals surface area contributed by atoms with E-state index in [1.54, 1.807) is 11.3 Å². The summed E-state index contributed by atoms with van der Waals surface area (Å²) < 4.78 is 4.35. The predicted molar refractivity (Wildman–Crippen MR) is 99.2 cm³/mol. The minimum absolute atomic E-state index is 0.0130. The third-order valence-electron chi connectivity index (χ3n) is 4.98. The fraction of sp³-hybridized carbons (Fsp3) is 0.500. The van der Waals surface area contributed by atoms with Gasteiger partial charge in [0.2, 0.25) is 5.91 Å². The van der Waals surface area contributed by atoms with E-state index in [4.69, 9.17) is 0 Å². The maximum absolute atomic E-state index is 12.9. The molecule has 6 nitrogen and oxygen atoms in total. The molecule has 4 rings (SSSR count). The second kappa shape index (κ2) is 6.29. The summed E-state index contributed by atoms with van der Waals surface area (Å²) in [5, 5.41) is 6.52. The Morgan fingerprint density at radius 1 is 1.40 bits per heavy atom. The summed E-state index contributed by atoms with van der Waals surface area (Å²) in [7, 11) is 0. The van der Waals surface area contributed by atoms with Gasteiger partial charge >= 0.3 is 0 Å². The zero-order valence-corrected chi connectivity index (χ0v) is 15.4. The number of aryl methyl sites for hydroxylation is 1. The smallest absolute Gasteiger partial charge is 0.291 e. The second-order valence-electron chi connectivity index (χ2n) is 6.85. The van der Waals surface area contributed by atoms with E-state index in [0.29, 0.717) is 17.9 Å². The van der Waals surface area contributed by atoms with Gasteiger partial charge in [-0.05, 0) is 36.3 Å². The molecule has 0 saturated carbocycles. The van der Waals surface area contributed by atoms with Crippen LogP contribution in [0.1, 0.15) is 32.5 Å². The molecule has 7 heteroatoms. The fourth-order valence-corrected chi connectivity index (χ4v) is 4.51. The molecule has 0 N–H and O–H groups in total. The molecule has 3 aromatic heterocycles.